The number of amides is 2. The van der Waals surface area contributed by atoms with Crippen LogP contribution in [0.4, 0.5) is 0 Å². The number of thiophene rings is 1. The molecule has 1 aliphatic carbocycles. The summed E-state index contributed by atoms with van der Waals surface area (Å²) >= 11 is 7.51. The molecule has 2 amide bonds. The highest BCUT2D eigenvalue weighted by molar-refractivity contribution is 7.08. The Kier molecular flexibility index (Phi) is 5.24. The van der Waals surface area contributed by atoms with E-state index in [0.29, 0.717) is 24.0 Å². The highest BCUT2D eigenvalue weighted by Gasteiger charge is 2.51. The van der Waals surface area contributed by atoms with E-state index in [1.54, 1.807) is 11.3 Å². The third-order valence-corrected chi connectivity index (χ3v) is 6.64. The molecule has 4 rings (SSSR count). The Morgan fingerprint density at radius 3 is 2.67 bits per heavy atom. The zero-order valence-electron chi connectivity index (χ0n) is 15.1. The van der Waals surface area contributed by atoms with Gasteiger partial charge in [-0.1, -0.05) is 23.7 Å². The second kappa shape index (κ2) is 7.64. The van der Waals surface area contributed by atoms with Gasteiger partial charge in [-0.05, 0) is 60.7 Å². The van der Waals surface area contributed by atoms with Crippen LogP contribution in [0.25, 0.3) is 0 Å². The summed E-state index contributed by atoms with van der Waals surface area (Å²) in [4.78, 5) is 27.3. The van der Waals surface area contributed by atoms with Gasteiger partial charge in [0.1, 0.15) is 0 Å². The molecular weight excluding hydrogens is 380 g/mol. The van der Waals surface area contributed by atoms with E-state index in [1.807, 2.05) is 46.0 Å². The third-order valence-electron chi connectivity index (χ3n) is 5.71. The van der Waals surface area contributed by atoms with E-state index in [1.165, 1.54) is 0 Å². The van der Waals surface area contributed by atoms with E-state index >= 15 is 0 Å². The van der Waals surface area contributed by atoms with E-state index < -0.39 is 0 Å². The molecule has 0 bridgehead atoms. The molecule has 0 unspecified atom stereocenters. The molecule has 1 saturated carbocycles. The standard InChI is InChI=1S/C21H23ClN2O2S/c22-18-5-3-17(4-6-18)21(8-9-21)20(26)23-12-15-2-1-10-24(13-15)19(25)16-7-11-27-14-16/h3-7,11,14-15H,1-2,8-10,12-13H2,(H,23,26)/t15-/m1/s1. The first-order valence-corrected chi connectivity index (χ1v) is 10.8. The van der Waals surface area contributed by atoms with Gasteiger partial charge in [-0.15, -0.1) is 0 Å². The highest BCUT2D eigenvalue weighted by Crippen LogP contribution is 2.48. The number of halogens is 1. The maximum atomic E-state index is 12.8. The van der Waals surface area contributed by atoms with E-state index in [2.05, 4.69) is 5.32 Å². The van der Waals surface area contributed by atoms with Gasteiger partial charge in [-0.3, -0.25) is 9.59 Å². The first kappa shape index (κ1) is 18.5. The highest BCUT2D eigenvalue weighted by atomic mass is 35.5. The first-order valence-electron chi connectivity index (χ1n) is 9.44. The summed E-state index contributed by atoms with van der Waals surface area (Å²) in [5.74, 6) is 0.518. The monoisotopic (exact) mass is 402 g/mol. The molecule has 142 valence electrons. The summed E-state index contributed by atoms with van der Waals surface area (Å²) in [5, 5.41) is 7.67. The number of carbonyl (C=O) groups excluding carboxylic acids is 2. The van der Waals surface area contributed by atoms with E-state index in [0.717, 1.165) is 43.4 Å². The van der Waals surface area contributed by atoms with Crippen molar-refractivity contribution < 1.29 is 9.59 Å². The van der Waals surface area contributed by atoms with Crippen LogP contribution < -0.4 is 5.32 Å². The van der Waals surface area contributed by atoms with Crippen LogP contribution in [0.3, 0.4) is 0 Å². The normalized spacial score (nSPS) is 20.9. The Morgan fingerprint density at radius 2 is 2.00 bits per heavy atom. The van der Waals surface area contributed by atoms with Crippen molar-refractivity contribution in [2.24, 2.45) is 5.92 Å². The molecule has 1 atom stereocenters. The number of carbonyl (C=O) groups is 2. The predicted octanol–water partition coefficient (Wildman–Crippen LogP) is 4.10. The number of piperidine rings is 1. The zero-order valence-corrected chi connectivity index (χ0v) is 16.7. The Morgan fingerprint density at radius 1 is 1.22 bits per heavy atom. The zero-order chi connectivity index (χ0) is 18.9. The summed E-state index contributed by atoms with van der Waals surface area (Å²) in [5.41, 5.74) is 1.43. The fourth-order valence-corrected chi connectivity index (χ4v) is 4.69. The lowest BCUT2D eigenvalue weighted by Crippen LogP contribution is -2.45. The summed E-state index contributed by atoms with van der Waals surface area (Å²) in [6, 6.07) is 9.48. The van der Waals surface area contributed by atoms with Crippen LogP contribution in [0.5, 0.6) is 0 Å². The van der Waals surface area contributed by atoms with Crippen molar-refractivity contribution in [1.29, 1.82) is 0 Å². The van der Waals surface area contributed by atoms with Gasteiger partial charge < -0.3 is 10.2 Å². The Hall–Kier alpha value is -1.85. The van der Waals surface area contributed by atoms with Crippen LogP contribution >= 0.6 is 22.9 Å². The maximum Gasteiger partial charge on any atom is 0.254 e. The van der Waals surface area contributed by atoms with Crippen molar-refractivity contribution in [3.05, 3.63) is 57.2 Å². The van der Waals surface area contributed by atoms with Gasteiger partial charge in [0.05, 0.1) is 11.0 Å². The average Bonchev–Trinajstić information content (AvgIpc) is 3.32. The molecule has 0 spiro atoms. The molecule has 1 saturated heterocycles. The van der Waals surface area contributed by atoms with Crippen LogP contribution in [0.15, 0.2) is 41.1 Å². The lowest BCUT2D eigenvalue weighted by molar-refractivity contribution is -0.123. The Labute approximate surface area is 168 Å². The van der Waals surface area contributed by atoms with Gasteiger partial charge in [-0.25, -0.2) is 0 Å². The second-order valence-electron chi connectivity index (χ2n) is 7.57. The smallest absolute Gasteiger partial charge is 0.254 e. The van der Waals surface area contributed by atoms with E-state index in [-0.39, 0.29) is 17.2 Å². The molecule has 0 radical (unpaired) electrons. The first-order chi connectivity index (χ1) is 13.1. The number of benzene rings is 1. The fraction of sp³-hybridized carbons (Fsp3) is 0.429. The van der Waals surface area contributed by atoms with Crippen molar-refractivity contribution in [2.75, 3.05) is 19.6 Å². The quantitative estimate of drug-likeness (QED) is 0.818. The Bertz CT molecular complexity index is 815. The topological polar surface area (TPSA) is 49.4 Å². The van der Waals surface area contributed by atoms with E-state index in [9.17, 15) is 9.59 Å². The summed E-state index contributed by atoms with van der Waals surface area (Å²) in [7, 11) is 0. The molecule has 1 N–H and O–H groups in total. The molecule has 27 heavy (non-hydrogen) atoms. The van der Waals surface area contributed by atoms with Crippen molar-refractivity contribution in [3.8, 4) is 0 Å². The van der Waals surface area contributed by atoms with Crippen LogP contribution in [0, 0.1) is 5.92 Å². The lowest BCUT2D eigenvalue weighted by Gasteiger charge is -2.33. The minimum atomic E-state index is -0.383. The van der Waals surface area contributed by atoms with Crippen molar-refractivity contribution in [2.45, 2.75) is 31.1 Å². The van der Waals surface area contributed by atoms with Gasteiger partial charge >= 0.3 is 0 Å². The maximum absolute atomic E-state index is 12.8. The number of hydrogen-bond donors (Lipinski definition) is 1. The molecule has 2 fully saturated rings. The van der Waals surface area contributed by atoms with Crippen LogP contribution in [0.2, 0.25) is 5.02 Å². The number of likely N-dealkylation sites (tertiary alicyclic amines) is 1. The van der Waals surface area contributed by atoms with Crippen molar-refractivity contribution in [3.63, 3.8) is 0 Å². The number of nitrogens with zero attached hydrogens (tertiary/aromatic N) is 1. The Balaban J connectivity index is 1.34. The van der Waals surface area contributed by atoms with Gasteiger partial charge in [0, 0.05) is 30.0 Å². The van der Waals surface area contributed by atoms with Gasteiger partial charge in [0.15, 0.2) is 0 Å². The average molecular weight is 403 g/mol. The molecule has 6 heteroatoms. The van der Waals surface area contributed by atoms with Crippen molar-refractivity contribution >= 4 is 34.8 Å². The predicted molar refractivity (Wildman–Crippen MR) is 108 cm³/mol. The van der Waals surface area contributed by atoms with Gasteiger partial charge in [0.2, 0.25) is 5.91 Å². The van der Waals surface area contributed by atoms with Crippen molar-refractivity contribution in [1.82, 2.24) is 10.2 Å². The summed E-state index contributed by atoms with van der Waals surface area (Å²) in [6.45, 7) is 2.14. The summed E-state index contributed by atoms with van der Waals surface area (Å²) in [6.07, 6.45) is 3.79. The third kappa shape index (κ3) is 3.90. The molecule has 4 nitrogen and oxygen atoms in total. The minimum absolute atomic E-state index is 0.103. The molecule has 1 aliphatic heterocycles. The largest absolute Gasteiger partial charge is 0.355 e. The van der Waals surface area contributed by atoms with E-state index in [4.69, 9.17) is 11.6 Å². The SMILES string of the molecule is O=C(c1ccsc1)N1CCC[C@H](CNC(=O)C2(c3ccc(Cl)cc3)CC2)C1. The molecule has 1 aromatic carbocycles. The molecule has 2 heterocycles. The number of hydrogen-bond acceptors (Lipinski definition) is 3. The number of nitrogens with one attached hydrogen (secondary N) is 1. The van der Waals surface area contributed by atoms with Gasteiger partial charge in [0.25, 0.3) is 5.91 Å². The number of rotatable bonds is 5. The van der Waals surface area contributed by atoms with Crippen LogP contribution in [-0.4, -0.2) is 36.3 Å². The summed E-state index contributed by atoms with van der Waals surface area (Å²) < 4.78 is 0. The van der Waals surface area contributed by atoms with Crippen LogP contribution in [0.1, 0.15) is 41.6 Å². The molecule has 2 aliphatic rings. The second-order valence-corrected chi connectivity index (χ2v) is 8.79. The molecule has 1 aromatic heterocycles. The molecule has 2 aromatic rings. The van der Waals surface area contributed by atoms with Gasteiger partial charge in [-0.2, -0.15) is 11.3 Å². The van der Waals surface area contributed by atoms with Crippen LogP contribution in [-0.2, 0) is 10.2 Å². The minimum Gasteiger partial charge on any atom is -0.355 e. The molecular formula is C21H23ClN2O2S. The lowest BCUT2D eigenvalue weighted by atomic mass is 9.93. The fourth-order valence-electron chi connectivity index (χ4n) is 3.93.